The van der Waals surface area contributed by atoms with E-state index < -0.39 is 0 Å². The molecule has 0 saturated carbocycles. The highest BCUT2D eigenvalue weighted by molar-refractivity contribution is 5.92. The smallest absolute Gasteiger partial charge is 0.0930 e. The zero-order chi connectivity index (χ0) is 9.80. The van der Waals surface area contributed by atoms with Crippen LogP contribution in [0.3, 0.4) is 0 Å². The summed E-state index contributed by atoms with van der Waals surface area (Å²) in [5, 5.41) is 10.6. The molecule has 0 N–H and O–H groups in total. The fourth-order valence-corrected chi connectivity index (χ4v) is 1.44. The Labute approximate surface area is 83.3 Å². The van der Waals surface area contributed by atoms with Crippen molar-refractivity contribution in [3.8, 4) is 0 Å². The maximum atomic E-state index is 4.18. The summed E-state index contributed by atoms with van der Waals surface area (Å²) in [4.78, 5) is 0. The van der Waals surface area contributed by atoms with Crippen molar-refractivity contribution in [1.29, 1.82) is 0 Å². The second-order valence-electron chi connectivity index (χ2n) is 3.06. The van der Waals surface area contributed by atoms with Crippen molar-refractivity contribution in [2.75, 3.05) is 6.54 Å². The van der Waals surface area contributed by atoms with Crippen LogP contribution in [-0.2, 0) is 0 Å². The van der Waals surface area contributed by atoms with E-state index >= 15 is 0 Å². The zero-order valence-corrected chi connectivity index (χ0v) is 8.14. The minimum atomic E-state index is 0.725. The first-order valence-corrected chi connectivity index (χ1v) is 4.77. The van der Waals surface area contributed by atoms with Crippen molar-refractivity contribution < 1.29 is 0 Å². The summed E-state index contributed by atoms with van der Waals surface area (Å²) in [6, 6.07) is 14.3. The molecular formula is C12H12N2. The summed E-state index contributed by atoms with van der Waals surface area (Å²) in [6.45, 7) is 2.71. The fraction of sp³-hybridized carbons (Fsp3) is 0.167. The first-order chi connectivity index (χ1) is 6.92. The summed E-state index contributed by atoms with van der Waals surface area (Å²) in [6.07, 6.45) is 0. The Morgan fingerprint density at radius 2 is 1.79 bits per heavy atom. The molecule has 0 aliphatic carbocycles. The molecule has 2 nitrogen and oxygen atoms in total. The molecule has 0 atom stereocenters. The van der Waals surface area contributed by atoms with Crippen molar-refractivity contribution in [3.63, 3.8) is 0 Å². The van der Waals surface area contributed by atoms with Crippen LogP contribution in [0.4, 0.5) is 5.69 Å². The molecule has 0 heterocycles. The minimum Gasteiger partial charge on any atom is -0.189 e. The number of benzene rings is 2. The van der Waals surface area contributed by atoms with E-state index in [2.05, 4.69) is 28.4 Å². The topological polar surface area (TPSA) is 24.7 Å². The largest absolute Gasteiger partial charge is 0.189 e. The number of hydrogen-bond acceptors (Lipinski definition) is 2. The van der Waals surface area contributed by atoms with Crippen molar-refractivity contribution >= 4 is 16.5 Å². The van der Waals surface area contributed by atoms with Gasteiger partial charge in [-0.25, -0.2) is 0 Å². The van der Waals surface area contributed by atoms with Crippen molar-refractivity contribution in [3.05, 3.63) is 42.5 Å². The lowest BCUT2D eigenvalue weighted by atomic mass is 10.1. The third kappa shape index (κ3) is 1.64. The molecule has 2 rings (SSSR count). The van der Waals surface area contributed by atoms with Crippen LogP contribution in [0.1, 0.15) is 6.92 Å². The molecule has 2 aromatic carbocycles. The van der Waals surface area contributed by atoms with Gasteiger partial charge in [-0.2, -0.15) is 10.2 Å². The second kappa shape index (κ2) is 4.01. The van der Waals surface area contributed by atoms with E-state index in [4.69, 9.17) is 0 Å². The monoisotopic (exact) mass is 184 g/mol. The Morgan fingerprint density at radius 3 is 2.64 bits per heavy atom. The van der Waals surface area contributed by atoms with E-state index in [1.807, 2.05) is 31.2 Å². The normalized spacial score (nSPS) is 11.2. The van der Waals surface area contributed by atoms with Crippen LogP contribution in [0, 0.1) is 0 Å². The van der Waals surface area contributed by atoms with Crippen LogP contribution >= 0.6 is 0 Å². The summed E-state index contributed by atoms with van der Waals surface area (Å²) in [7, 11) is 0. The molecule has 0 amide bonds. The van der Waals surface area contributed by atoms with Gasteiger partial charge in [-0.05, 0) is 18.4 Å². The van der Waals surface area contributed by atoms with E-state index in [9.17, 15) is 0 Å². The van der Waals surface area contributed by atoms with Gasteiger partial charge in [0, 0.05) is 5.39 Å². The van der Waals surface area contributed by atoms with E-state index in [0.717, 1.165) is 17.6 Å². The van der Waals surface area contributed by atoms with E-state index in [0.29, 0.717) is 0 Å². The van der Waals surface area contributed by atoms with Crippen molar-refractivity contribution in [1.82, 2.24) is 0 Å². The highest BCUT2D eigenvalue weighted by atomic mass is 15.1. The highest BCUT2D eigenvalue weighted by Crippen LogP contribution is 2.25. The lowest BCUT2D eigenvalue weighted by molar-refractivity contribution is 1.01. The van der Waals surface area contributed by atoms with Crippen LogP contribution in [0.5, 0.6) is 0 Å². The predicted molar refractivity (Wildman–Crippen MR) is 59.0 cm³/mol. The maximum absolute atomic E-state index is 4.18. The molecule has 0 bridgehead atoms. The molecule has 0 fully saturated rings. The number of rotatable bonds is 2. The van der Waals surface area contributed by atoms with Gasteiger partial charge in [0.2, 0.25) is 0 Å². The number of nitrogens with zero attached hydrogens (tertiary/aromatic N) is 2. The average Bonchev–Trinajstić information content (AvgIpc) is 2.26. The molecule has 0 aromatic heterocycles. The SMILES string of the molecule is CCN=Nc1cccc2ccccc12. The van der Waals surface area contributed by atoms with Gasteiger partial charge in [0.1, 0.15) is 0 Å². The van der Waals surface area contributed by atoms with E-state index in [1.165, 1.54) is 5.39 Å². The molecule has 0 spiro atoms. The van der Waals surface area contributed by atoms with Gasteiger partial charge in [0.25, 0.3) is 0 Å². The summed E-state index contributed by atoms with van der Waals surface area (Å²) in [5.41, 5.74) is 0.949. The predicted octanol–water partition coefficient (Wildman–Crippen LogP) is 3.94. The standard InChI is InChI=1S/C12H12N2/c1-2-13-14-12-9-5-7-10-6-3-4-8-11(10)12/h3-9H,2H2,1H3. The second-order valence-corrected chi connectivity index (χ2v) is 3.06. The summed E-state index contributed by atoms with van der Waals surface area (Å²) < 4.78 is 0. The van der Waals surface area contributed by atoms with Crippen LogP contribution in [0.25, 0.3) is 10.8 Å². The molecule has 0 radical (unpaired) electrons. The number of azo groups is 1. The molecule has 70 valence electrons. The number of hydrogen-bond donors (Lipinski definition) is 0. The van der Waals surface area contributed by atoms with Crippen LogP contribution in [-0.4, -0.2) is 6.54 Å². The summed E-state index contributed by atoms with van der Waals surface area (Å²) >= 11 is 0. The number of fused-ring (bicyclic) bond motifs is 1. The van der Waals surface area contributed by atoms with Gasteiger partial charge in [-0.3, -0.25) is 0 Å². The van der Waals surface area contributed by atoms with E-state index in [-0.39, 0.29) is 0 Å². The zero-order valence-electron chi connectivity index (χ0n) is 8.14. The Morgan fingerprint density at radius 1 is 1.00 bits per heavy atom. The highest BCUT2D eigenvalue weighted by Gasteiger charge is 1.96. The molecule has 14 heavy (non-hydrogen) atoms. The molecule has 2 aromatic rings. The quantitative estimate of drug-likeness (QED) is 0.631. The Bertz CT molecular complexity index is 455. The van der Waals surface area contributed by atoms with Gasteiger partial charge in [0.15, 0.2) is 0 Å². The van der Waals surface area contributed by atoms with Crippen LogP contribution in [0.2, 0.25) is 0 Å². The van der Waals surface area contributed by atoms with Gasteiger partial charge in [-0.1, -0.05) is 36.4 Å². The van der Waals surface area contributed by atoms with E-state index in [1.54, 1.807) is 0 Å². The minimum absolute atomic E-state index is 0.725. The Hall–Kier alpha value is -1.70. The summed E-state index contributed by atoms with van der Waals surface area (Å²) in [5.74, 6) is 0. The third-order valence-corrected chi connectivity index (χ3v) is 2.09. The van der Waals surface area contributed by atoms with Crippen LogP contribution < -0.4 is 0 Å². The Kier molecular flexibility index (Phi) is 2.54. The van der Waals surface area contributed by atoms with Gasteiger partial charge in [0.05, 0.1) is 12.2 Å². The lowest BCUT2D eigenvalue weighted by Gasteiger charge is -1.99. The molecule has 0 unspecified atom stereocenters. The molecule has 0 aliphatic rings. The average molecular weight is 184 g/mol. The Balaban J connectivity index is 2.59. The fourth-order valence-electron chi connectivity index (χ4n) is 1.44. The van der Waals surface area contributed by atoms with Gasteiger partial charge in [-0.15, -0.1) is 0 Å². The lowest BCUT2D eigenvalue weighted by Crippen LogP contribution is -1.72. The molecule has 0 aliphatic heterocycles. The maximum Gasteiger partial charge on any atom is 0.0930 e. The molecule has 0 saturated heterocycles. The third-order valence-electron chi connectivity index (χ3n) is 2.09. The molecular weight excluding hydrogens is 172 g/mol. The van der Waals surface area contributed by atoms with Gasteiger partial charge < -0.3 is 0 Å². The molecule has 2 heteroatoms. The van der Waals surface area contributed by atoms with Crippen molar-refractivity contribution in [2.45, 2.75) is 6.92 Å². The van der Waals surface area contributed by atoms with Gasteiger partial charge >= 0.3 is 0 Å². The first kappa shape index (κ1) is 8.88. The van der Waals surface area contributed by atoms with Crippen LogP contribution in [0.15, 0.2) is 52.7 Å². The first-order valence-electron chi connectivity index (χ1n) is 4.77. The van der Waals surface area contributed by atoms with Crippen molar-refractivity contribution in [2.24, 2.45) is 10.2 Å².